The first-order valence-corrected chi connectivity index (χ1v) is 8.19. The Hall–Kier alpha value is -1.52. The molecule has 5 heteroatoms. The van der Waals surface area contributed by atoms with Crippen LogP contribution in [0.3, 0.4) is 0 Å². The highest BCUT2D eigenvalue weighted by Gasteiger charge is 2.23. The molecule has 3 rings (SSSR count). The average Bonchev–Trinajstić information content (AvgIpc) is 2.93. The third-order valence-electron chi connectivity index (χ3n) is 3.69. The summed E-state index contributed by atoms with van der Waals surface area (Å²) < 4.78 is 0. The van der Waals surface area contributed by atoms with E-state index in [4.69, 9.17) is 11.6 Å². The van der Waals surface area contributed by atoms with Gasteiger partial charge in [-0.05, 0) is 37.3 Å². The molecule has 0 spiro atoms. The molecule has 3 nitrogen and oxygen atoms in total. The number of piperazine rings is 1. The zero-order valence-electron chi connectivity index (χ0n) is 11.9. The summed E-state index contributed by atoms with van der Waals surface area (Å²) in [4.78, 5) is 18.6. The number of amides is 1. The van der Waals surface area contributed by atoms with Crippen molar-refractivity contribution in [3.63, 3.8) is 0 Å². The molecule has 1 aliphatic heterocycles. The Balaban J connectivity index is 1.64. The second-order valence-corrected chi connectivity index (χ2v) is 6.89. The first kappa shape index (κ1) is 14.4. The van der Waals surface area contributed by atoms with Crippen LogP contribution in [0.15, 0.2) is 36.4 Å². The predicted molar refractivity (Wildman–Crippen MR) is 88.6 cm³/mol. The van der Waals surface area contributed by atoms with Crippen LogP contribution in [0.5, 0.6) is 0 Å². The summed E-state index contributed by atoms with van der Waals surface area (Å²) in [7, 11) is 0. The van der Waals surface area contributed by atoms with E-state index in [9.17, 15) is 4.79 Å². The van der Waals surface area contributed by atoms with E-state index >= 15 is 0 Å². The maximum Gasteiger partial charge on any atom is 0.264 e. The quantitative estimate of drug-likeness (QED) is 0.843. The van der Waals surface area contributed by atoms with Crippen molar-refractivity contribution < 1.29 is 4.79 Å². The molecule has 0 unspecified atom stereocenters. The van der Waals surface area contributed by atoms with Gasteiger partial charge in [-0.2, -0.15) is 0 Å². The molecule has 1 aliphatic rings. The fraction of sp³-hybridized carbons (Fsp3) is 0.312. The largest absolute Gasteiger partial charge is 0.368 e. The summed E-state index contributed by atoms with van der Waals surface area (Å²) >= 11 is 7.60. The van der Waals surface area contributed by atoms with Gasteiger partial charge in [0.1, 0.15) is 0 Å². The van der Waals surface area contributed by atoms with Gasteiger partial charge in [0.05, 0.1) is 4.88 Å². The highest BCUT2D eigenvalue weighted by atomic mass is 35.5. The summed E-state index contributed by atoms with van der Waals surface area (Å²) in [6, 6.07) is 11.8. The number of aryl methyl sites for hydroxylation is 1. The standard InChI is InChI=1S/C16H17ClN2OS/c1-12-5-6-15(21-12)16(20)19-9-7-18(8-10-19)14-4-2-3-13(17)11-14/h2-6,11H,7-10H2,1H3. The van der Waals surface area contributed by atoms with Crippen LogP contribution in [0.25, 0.3) is 0 Å². The Kier molecular flexibility index (Phi) is 4.17. The van der Waals surface area contributed by atoms with Gasteiger partial charge in [0, 0.05) is 41.8 Å². The van der Waals surface area contributed by atoms with Crippen LogP contribution in [0.2, 0.25) is 5.02 Å². The van der Waals surface area contributed by atoms with E-state index in [0.29, 0.717) is 0 Å². The molecule has 0 bridgehead atoms. The maximum absolute atomic E-state index is 12.4. The molecule has 1 fully saturated rings. The van der Waals surface area contributed by atoms with E-state index in [0.717, 1.165) is 41.8 Å². The number of nitrogens with zero attached hydrogens (tertiary/aromatic N) is 2. The summed E-state index contributed by atoms with van der Waals surface area (Å²) in [6.45, 7) is 5.22. The summed E-state index contributed by atoms with van der Waals surface area (Å²) in [5.41, 5.74) is 1.13. The van der Waals surface area contributed by atoms with Crippen LogP contribution in [-0.4, -0.2) is 37.0 Å². The summed E-state index contributed by atoms with van der Waals surface area (Å²) in [6.07, 6.45) is 0. The second-order valence-electron chi connectivity index (χ2n) is 5.17. The molecule has 0 atom stereocenters. The van der Waals surface area contributed by atoms with Gasteiger partial charge >= 0.3 is 0 Å². The smallest absolute Gasteiger partial charge is 0.264 e. The Morgan fingerprint density at radius 3 is 2.52 bits per heavy atom. The Morgan fingerprint density at radius 2 is 1.90 bits per heavy atom. The van der Waals surface area contributed by atoms with Gasteiger partial charge in [-0.1, -0.05) is 17.7 Å². The van der Waals surface area contributed by atoms with E-state index in [2.05, 4.69) is 11.0 Å². The number of rotatable bonds is 2. The average molecular weight is 321 g/mol. The monoisotopic (exact) mass is 320 g/mol. The lowest BCUT2D eigenvalue weighted by Crippen LogP contribution is -2.48. The topological polar surface area (TPSA) is 23.6 Å². The van der Waals surface area contributed by atoms with Crippen molar-refractivity contribution in [1.29, 1.82) is 0 Å². The van der Waals surface area contributed by atoms with Gasteiger partial charge < -0.3 is 9.80 Å². The molecule has 2 heterocycles. The van der Waals surface area contributed by atoms with Crippen molar-refractivity contribution in [2.45, 2.75) is 6.92 Å². The van der Waals surface area contributed by atoms with Gasteiger partial charge in [0.25, 0.3) is 5.91 Å². The minimum absolute atomic E-state index is 0.152. The molecule has 1 aromatic heterocycles. The highest BCUT2D eigenvalue weighted by Crippen LogP contribution is 2.22. The zero-order chi connectivity index (χ0) is 14.8. The van der Waals surface area contributed by atoms with Gasteiger partial charge in [0.15, 0.2) is 0 Å². The molecule has 110 valence electrons. The van der Waals surface area contributed by atoms with Gasteiger partial charge in [-0.3, -0.25) is 4.79 Å². The molecule has 1 amide bonds. The molecule has 2 aromatic rings. The first-order chi connectivity index (χ1) is 10.1. The summed E-state index contributed by atoms with van der Waals surface area (Å²) in [5, 5.41) is 0.750. The van der Waals surface area contributed by atoms with E-state index in [-0.39, 0.29) is 5.91 Å². The maximum atomic E-state index is 12.4. The first-order valence-electron chi connectivity index (χ1n) is 7.00. The molecule has 0 saturated carbocycles. The Labute approximate surface area is 133 Å². The molecule has 0 radical (unpaired) electrons. The SMILES string of the molecule is Cc1ccc(C(=O)N2CCN(c3cccc(Cl)c3)CC2)s1. The van der Waals surface area contributed by atoms with E-state index in [1.54, 1.807) is 11.3 Å². The third-order valence-corrected chi connectivity index (χ3v) is 4.92. The minimum Gasteiger partial charge on any atom is -0.368 e. The van der Waals surface area contributed by atoms with Crippen LogP contribution >= 0.6 is 22.9 Å². The van der Waals surface area contributed by atoms with Crippen LogP contribution in [0.1, 0.15) is 14.5 Å². The van der Waals surface area contributed by atoms with Crippen LogP contribution in [0, 0.1) is 6.92 Å². The van der Waals surface area contributed by atoms with Crippen LogP contribution < -0.4 is 4.90 Å². The molecule has 0 N–H and O–H groups in total. The van der Waals surface area contributed by atoms with E-state index < -0.39 is 0 Å². The van der Waals surface area contributed by atoms with E-state index in [1.807, 2.05) is 42.2 Å². The Morgan fingerprint density at radius 1 is 1.14 bits per heavy atom. The van der Waals surface area contributed by atoms with Gasteiger partial charge in [-0.25, -0.2) is 0 Å². The molecule has 1 aromatic carbocycles. The highest BCUT2D eigenvalue weighted by molar-refractivity contribution is 7.13. The number of benzene rings is 1. The number of anilines is 1. The van der Waals surface area contributed by atoms with Crippen molar-refractivity contribution in [3.8, 4) is 0 Å². The number of carbonyl (C=O) groups is 1. The lowest BCUT2D eigenvalue weighted by molar-refractivity contribution is 0.0751. The molecular weight excluding hydrogens is 304 g/mol. The number of halogens is 1. The fourth-order valence-electron chi connectivity index (χ4n) is 2.55. The number of thiophene rings is 1. The number of hydrogen-bond acceptors (Lipinski definition) is 3. The van der Waals surface area contributed by atoms with Crippen molar-refractivity contribution in [1.82, 2.24) is 4.90 Å². The fourth-order valence-corrected chi connectivity index (χ4v) is 3.57. The van der Waals surface area contributed by atoms with Crippen molar-refractivity contribution >= 4 is 34.5 Å². The van der Waals surface area contributed by atoms with Crippen molar-refractivity contribution in [3.05, 3.63) is 51.2 Å². The predicted octanol–water partition coefficient (Wildman–Crippen LogP) is 3.67. The lowest BCUT2D eigenvalue weighted by atomic mass is 10.2. The third kappa shape index (κ3) is 3.22. The molecule has 1 saturated heterocycles. The zero-order valence-corrected chi connectivity index (χ0v) is 13.5. The van der Waals surface area contributed by atoms with Gasteiger partial charge in [-0.15, -0.1) is 11.3 Å². The molecule has 0 aliphatic carbocycles. The normalized spacial score (nSPS) is 15.3. The second kappa shape index (κ2) is 6.08. The number of hydrogen-bond donors (Lipinski definition) is 0. The van der Waals surface area contributed by atoms with Crippen molar-refractivity contribution in [2.75, 3.05) is 31.1 Å². The van der Waals surface area contributed by atoms with Crippen LogP contribution in [-0.2, 0) is 0 Å². The summed E-state index contributed by atoms with van der Waals surface area (Å²) in [5.74, 6) is 0.152. The van der Waals surface area contributed by atoms with Crippen molar-refractivity contribution in [2.24, 2.45) is 0 Å². The minimum atomic E-state index is 0.152. The van der Waals surface area contributed by atoms with Gasteiger partial charge in [0.2, 0.25) is 0 Å². The van der Waals surface area contributed by atoms with E-state index in [1.165, 1.54) is 4.88 Å². The van der Waals surface area contributed by atoms with Crippen LogP contribution in [0.4, 0.5) is 5.69 Å². The lowest BCUT2D eigenvalue weighted by Gasteiger charge is -2.36. The Bertz CT molecular complexity index is 647. The molecule has 21 heavy (non-hydrogen) atoms. The molecular formula is C16H17ClN2OS. The number of carbonyl (C=O) groups excluding carboxylic acids is 1.